The Balaban J connectivity index is 2.45. The lowest BCUT2D eigenvalue weighted by Crippen LogP contribution is -2.64. The Kier molecular flexibility index (Phi) is 40.4. The second kappa shape index (κ2) is 42.5. The van der Waals surface area contributed by atoms with Crippen molar-refractivity contribution in [1.82, 2.24) is 5.32 Å². The van der Waals surface area contributed by atoms with Crippen LogP contribution in [0.3, 0.4) is 0 Å². The molecule has 8 unspecified atom stereocenters. The number of carbonyl (C=O) groups is 1. The van der Waals surface area contributed by atoms with Gasteiger partial charge in [-0.3, -0.25) is 13.8 Å². The van der Waals surface area contributed by atoms with Gasteiger partial charge in [0.15, 0.2) is 0 Å². The molecule has 396 valence electrons. The van der Waals surface area contributed by atoms with E-state index in [1.165, 1.54) is 154 Å². The van der Waals surface area contributed by atoms with Crippen LogP contribution in [-0.4, -0.2) is 108 Å². The minimum atomic E-state index is -5.15. The van der Waals surface area contributed by atoms with E-state index in [1.54, 1.807) is 6.08 Å². The van der Waals surface area contributed by atoms with E-state index in [9.17, 15) is 50.0 Å². The van der Waals surface area contributed by atoms with E-state index in [2.05, 4.69) is 31.3 Å². The fraction of sp³-hybridized carbons (Fsp3) is 0.906. The van der Waals surface area contributed by atoms with Gasteiger partial charge >= 0.3 is 7.82 Å². The molecule has 0 aliphatic heterocycles. The van der Waals surface area contributed by atoms with Gasteiger partial charge < -0.3 is 46.0 Å². The first-order valence-electron chi connectivity index (χ1n) is 27.4. The first kappa shape index (κ1) is 63.8. The van der Waals surface area contributed by atoms with E-state index in [4.69, 9.17) is 9.05 Å². The quantitative estimate of drug-likeness (QED) is 0.0158. The SMILES string of the molecule is CCCCCCCCCCCCC/C=C\CCCCCCCC(O)CC(=O)NC(COP(=O)(O)OC1C(O)C(O)C(O)C(O)C1O)C(O)/C=C/CCCCCCCCCCCCCCCCC. The van der Waals surface area contributed by atoms with Gasteiger partial charge in [0.25, 0.3) is 0 Å². The van der Waals surface area contributed by atoms with Crippen molar-refractivity contribution >= 4 is 13.7 Å². The zero-order valence-corrected chi connectivity index (χ0v) is 43.2. The van der Waals surface area contributed by atoms with Gasteiger partial charge in [-0.1, -0.05) is 218 Å². The number of rotatable bonds is 46. The van der Waals surface area contributed by atoms with Crippen molar-refractivity contribution in [1.29, 1.82) is 0 Å². The average Bonchev–Trinajstić information content (AvgIpc) is 3.30. The molecule has 0 saturated heterocycles. The van der Waals surface area contributed by atoms with Crippen LogP contribution < -0.4 is 5.32 Å². The van der Waals surface area contributed by atoms with Gasteiger partial charge in [0.1, 0.15) is 36.6 Å². The molecule has 14 heteroatoms. The molecule has 0 aromatic rings. The second-order valence-corrected chi connectivity index (χ2v) is 21.0. The smallest absolute Gasteiger partial charge is 0.393 e. The summed E-state index contributed by atoms with van der Waals surface area (Å²) in [6.45, 7) is 3.77. The number of nitrogens with one attached hydrogen (secondary N) is 1. The summed E-state index contributed by atoms with van der Waals surface area (Å²) in [6.07, 6.45) is 35.4. The number of phosphoric ester groups is 1. The number of hydrogen-bond donors (Lipinski definition) is 9. The molecule has 0 aromatic carbocycles. The van der Waals surface area contributed by atoms with E-state index in [-0.39, 0.29) is 6.42 Å². The molecular weight excluding hydrogens is 874 g/mol. The second-order valence-electron chi connectivity index (χ2n) is 19.6. The summed E-state index contributed by atoms with van der Waals surface area (Å²) >= 11 is 0. The van der Waals surface area contributed by atoms with Gasteiger partial charge in [-0.15, -0.1) is 0 Å². The third kappa shape index (κ3) is 33.9. The maximum absolute atomic E-state index is 13.1. The Labute approximate surface area is 407 Å². The zero-order valence-electron chi connectivity index (χ0n) is 42.3. The Bertz CT molecular complexity index is 1240. The minimum absolute atomic E-state index is 0.248. The Hall–Kier alpha value is -1.22. The maximum Gasteiger partial charge on any atom is 0.472 e. The number of allylic oxidation sites excluding steroid dienone is 3. The Morgan fingerprint density at radius 2 is 0.866 bits per heavy atom. The molecule has 0 radical (unpaired) electrons. The van der Waals surface area contributed by atoms with E-state index >= 15 is 0 Å². The topological polar surface area (TPSA) is 226 Å². The van der Waals surface area contributed by atoms with Crippen LogP contribution in [0, 0.1) is 0 Å². The number of amides is 1. The minimum Gasteiger partial charge on any atom is -0.393 e. The number of aliphatic hydroxyl groups is 7. The lowest BCUT2D eigenvalue weighted by molar-refractivity contribution is -0.220. The summed E-state index contributed by atoms with van der Waals surface area (Å²) in [5.41, 5.74) is 0. The van der Waals surface area contributed by atoms with Gasteiger partial charge in [-0.05, 0) is 44.9 Å². The van der Waals surface area contributed by atoms with E-state index in [0.29, 0.717) is 12.8 Å². The van der Waals surface area contributed by atoms with Crippen molar-refractivity contribution < 1.29 is 59.0 Å². The standard InChI is InChI=1S/C53H102NO12P/c1-3-5-7-9-11-13-15-17-19-21-22-23-25-26-28-30-32-34-36-38-40-44(55)42-47(57)54-45(43-65-67(63,64)66-53-51(61)49(59)48(58)50(60)52(53)62)46(56)41-39-37-35-33-31-29-27-24-20-18-16-14-12-10-8-6-4-2/h25-26,39,41,44-46,48-53,55-56,58-62H,3-24,27-38,40,42-43H2,1-2H3,(H,54,57)(H,63,64)/b26-25-,41-39+. The molecule has 1 fully saturated rings. The molecule has 1 amide bonds. The summed E-state index contributed by atoms with van der Waals surface area (Å²) < 4.78 is 23.0. The van der Waals surface area contributed by atoms with Crippen LogP contribution in [0.25, 0.3) is 0 Å². The van der Waals surface area contributed by atoms with Gasteiger partial charge in [0.05, 0.1) is 31.3 Å². The third-order valence-corrected chi connectivity index (χ3v) is 14.3. The predicted molar refractivity (Wildman–Crippen MR) is 270 cm³/mol. The molecule has 8 atom stereocenters. The predicted octanol–water partition coefficient (Wildman–Crippen LogP) is 10.7. The Morgan fingerprint density at radius 3 is 1.27 bits per heavy atom. The van der Waals surface area contributed by atoms with Crippen molar-refractivity contribution in [2.75, 3.05) is 6.61 Å². The van der Waals surface area contributed by atoms with E-state index < -0.39 is 75.2 Å². The molecular formula is C53H102NO12P. The number of aliphatic hydroxyl groups excluding tert-OH is 7. The summed E-state index contributed by atoms with van der Waals surface area (Å²) in [5, 5.41) is 74.8. The Morgan fingerprint density at radius 1 is 0.522 bits per heavy atom. The molecule has 1 rings (SSSR count). The monoisotopic (exact) mass is 976 g/mol. The first-order valence-corrected chi connectivity index (χ1v) is 28.9. The van der Waals surface area contributed by atoms with Gasteiger partial charge in [0.2, 0.25) is 5.91 Å². The van der Waals surface area contributed by atoms with Gasteiger partial charge in [-0.25, -0.2) is 4.57 Å². The van der Waals surface area contributed by atoms with Crippen molar-refractivity contribution in [3.05, 3.63) is 24.3 Å². The first-order chi connectivity index (χ1) is 32.3. The molecule has 1 aliphatic carbocycles. The van der Waals surface area contributed by atoms with Gasteiger partial charge in [0, 0.05) is 0 Å². The van der Waals surface area contributed by atoms with Crippen molar-refractivity contribution in [3.8, 4) is 0 Å². The lowest BCUT2D eigenvalue weighted by atomic mass is 9.85. The molecule has 1 saturated carbocycles. The third-order valence-electron chi connectivity index (χ3n) is 13.3. The van der Waals surface area contributed by atoms with Gasteiger partial charge in [-0.2, -0.15) is 0 Å². The highest BCUT2D eigenvalue weighted by Crippen LogP contribution is 2.47. The lowest BCUT2D eigenvalue weighted by Gasteiger charge is -2.41. The fourth-order valence-corrected chi connectivity index (χ4v) is 9.79. The van der Waals surface area contributed by atoms with E-state index in [1.807, 2.05) is 0 Å². The van der Waals surface area contributed by atoms with Crippen LogP contribution in [-0.2, 0) is 18.4 Å². The highest BCUT2D eigenvalue weighted by atomic mass is 31.2. The van der Waals surface area contributed by atoms with Crippen LogP contribution in [0.1, 0.15) is 245 Å². The molecule has 0 heterocycles. The molecule has 0 spiro atoms. The normalized spacial score (nSPS) is 22.4. The van der Waals surface area contributed by atoms with Crippen molar-refractivity contribution in [2.45, 2.75) is 300 Å². The maximum atomic E-state index is 13.1. The molecule has 1 aliphatic rings. The summed E-state index contributed by atoms with van der Waals surface area (Å²) in [7, 11) is -5.15. The van der Waals surface area contributed by atoms with Crippen LogP contribution in [0.15, 0.2) is 24.3 Å². The molecule has 67 heavy (non-hydrogen) atoms. The van der Waals surface area contributed by atoms with Crippen molar-refractivity contribution in [3.63, 3.8) is 0 Å². The molecule has 0 aromatic heterocycles. The van der Waals surface area contributed by atoms with Crippen LogP contribution in [0.4, 0.5) is 0 Å². The number of carbonyl (C=O) groups excluding carboxylic acids is 1. The highest BCUT2D eigenvalue weighted by molar-refractivity contribution is 7.47. The molecule has 13 nitrogen and oxygen atoms in total. The van der Waals surface area contributed by atoms with Crippen LogP contribution in [0.5, 0.6) is 0 Å². The zero-order chi connectivity index (χ0) is 49.4. The number of hydrogen-bond acceptors (Lipinski definition) is 11. The fourth-order valence-electron chi connectivity index (χ4n) is 8.83. The number of phosphoric acid groups is 1. The largest absolute Gasteiger partial charge is 0.472 e. The van der Waals surface area contributed by atoms with Crippen LogP contribution in [0.2, 0.25) is 0 Å². The molecule has 9 N–H and O–H groups in total. The number of unbranched alkanes of at least 4 members (excludes halogenated alkanes) is 31. The average molecular weight is 976 g/mol. The summed E-state index contributed by atoms with van der Waals surface area (Å²) in [6, 6.07) is -1.24. The van der Waals surface area contributed by atoms with E-state index in [0.717, 1.165) is 64.2 Å². The molecule has 0 bridgehead atoms. The van der Waals surface area contributed by atoms with Crippen molar-refractivity contribution in [2.24, 2.45) is 0 Å². The van der Waals surface area contributed by atoms with Crippen LogP contribution >= 0.6 is 7.82 Å². The summed E-state index contributed by atoms with van der Waals surface area (Å²) in [5.74, 6) is -0.594. The summed E-state index contributed by atoms with van der Waals surface area (Å²) in [4.78, 5) is 23.5. The highest BCUT2D eigenvalue weighted by Gasteiger charge is 2.51.